The SMILES string of the molecule is C#CCCNC(=O)CC[C@@H](C)CC. The fraction of sp³-hybridized carbons (Fsp3) is 0.727. The zero-order chi connectivity index (χ0) is 10.1. The van der Waals surface area contributed by atoms with Gasteiger partial charge in [0, 0.05) is 19.4 Å². The van der Waals surface area contributed by atoms with E-state index >= 15 is 0 Å². The molecule has 2 nitrogen and oxygen atoms in total. The maximum Gasteiger partial charge on any atom is 0.220 e. The van der Waals surface area contributed by atoms with Crippen molar-refractivity contribution in [3.8, 4) is 12.3 Å². The van der Waals surface area contributed by atoms with Crippen LogP contribution in [0.5, 0.6) is 0 Å². The van der Waals surface area contributed by atoms with Gasteiger partial charge in [0.25, 0.3) is 0 Å². The largest absolute Gasteiger partial charge is 0.355 e. The molecule has 2 heteroatoms. The highest BCUT2D eigenvalue weighted by Crippen LogP contribution is 2.08. The van der Waals surface area contributed by atoms with Crippen LogP contribution in [0.4, 0.5) is 0 Å². The number of carbonyl (C=O) groups excluding carboxylic acids is 1. The predicted octanol–water partition coefficient (Wildman–Crippen LogP) is 1.95. The Morgan fingerprint density at radius 3 is 2.85 bits per heavy atom. The Morgan fingerprint density at radius 2 is 2.31 bits per heavy atom. The van der Waals surface area contributed by atoms with Crippen LogP contribution in [0.2, 0.25) is 0 Å². The van der Waals surface area contributed by atoms with Gasteiger partial charge in [0.1, 0.15) is 0 Å². The maximum atomic E-state index is 11.2. The summed E-state index contributed by atoms with van der Waals surface area (Å²) in [6.45, 7) is 4.91. The third kappa shape index (κ3) is 7.39. The lowest BCUT2D eigenvalue weighted by Gasteiger charge is -2.07. The maximum absolute atomic E-state index is 11.2. The van der Waals surface area contributed by atoms with Crippen LogP contribution in [-0.2, 0) is 4.79 Å². The molecule has 1 amide bonds. The van der Waals surface area contributed by atoms with Crippen molar-refractivity contribution in [1.29, 1.82) is 0 Å². The van der Waals surface area contributed by atoms with Gasteiger partial charge in [-0.05, 0) is 12.3 Å². The van der Waals surface area contributed by atoms with Crippen molar-refractivity contribution in [2.24, 2.45) is 5.92 Å². The molecule has 0 rings (SSSR count). The first-order chi connectivity index (χ1) is 6.20. The van der Waals surface area contributed by atoms with E-state index in [4.69, 9.17) is 6.42 Å². The summed E-state index contributed by atoms with van der Waals surface area (Å²) in [5.74, 6) is 3.24. The number of hydrogen-bond donors (Lipinski definition) is 1. The van der Waals surface area contributed by atoms with Gasteiger partial charge in [-0.25, -0.2) is 0 Å². The van der Waals surface area contributed by atoms with Gasteiger partial charge in [0.2, 0.25) is 5.91 Å². The highest BCUT2D eigenvalue weighted by Gasteiger charge is 2.03. The lowest BCUT2D eigenvalue weighted by molar-refractivity contribution is -0.121. The van der Waals surface area contributed by atoms with Crippen molar-refractivity contribution in [3.05, 3.63) is 0 Å². The molecule has 1 atom stereocenters. The van der Waals surface area contributed by atoms with E-state index in [0.717, 1.165) is 12.8 Å². The van der Waals surface area contributed by atoms with Crippen LogP contribution in [0, 0.1) is 18.3 Å². The second kappa shape index (κ2) is 7.67. The van der Waals surface area contributed by atoms with Crippen molar-refractivity contribution < 1.29 is 4.79 Å². The summed E-state index contributed by atoms with van der Waals surface area (Å²) in [6, 6.07) is 0. The Balaban J connectivity index is 3.36. The fourth-order valence-corrected chi connectivity index (χ4v) is 0.944. The van der Waals surface area contributed by atoms with Gasteiger partial charge in [-0.1, -0.05) is 20.3 Å². The summed E-state index contributed by atoms with van der Waals surface area (Å²) in [4.78, 5) is 11.2. The van der Waals surface area contributed by atoms with E-state index in [9.17, 15) is 4.79 Å². The van der Waals surface area contributed by atoms with Crippen molar-refractivity contribution >= 4 is 5.91 Å². The average molecular weight is 181 g/mol. The summed E-state index contributed by atoms with van der Waals surface area (Å²) in [6.07, 6.45) is 8.41. The average Bonchev–Trinajstić information content (AvgIpc) is 2.14. The summed E-state index contributed by atoms with van der Waals surface area (Å²) >= 11 is 0. The van der Waals surface area contributed by atoms with Crippen LogP contribution >= 0.6 is 0 Å². The van der Waals surface area contributed by atoms with Crippen LogP contribution in [0.25, 0.3) is 0 Å². The molecule has 0 bridgehead atoms. The molecule has 0 aromatic rings. The van der Waals surface area contributed by atoms with Gasteiger partial charge in [0.05, 0.1) is 0 Å². The third-order valence-corrected chi connectivity index (χ3v) is 2.15. The van der Waals surface area contributed by atoms with Crippen molar-refractivity contribution in [1.82, 2.24) is 5.32 Å². The molecule has 0 spiro atoms. The van der Waals surface area contributed by atoms with E-state index in [1.807, 2.05) is 0 Å². The Labute approximate surface area is 81.1 Å². The molecule has 0 aliphatic carbocycles. The number of hydrogen-bond acceptors (Lipinski definition) is 1. The van der Waals surface area contributed by atoms with Gasteiger partial charge >= 0.3 is 0 Å². The molecule has 74 valence electrons. The second-order valence-electron chi connectivity index (χ2n) is 3.36. The minimum Gasteiger partial charge on any atom is -0.355 e. The van der Waals surface area contributed by atoms with Gasteiger partial charge in [-0.2, -0.15) is 0 Å². The van der Waals surface area contributed by atoms with E-state index in [0.29, 0.717) is 25.3 Å². The second-order valence-corrected chi connectivity index (χ2v) is 3.36. The van der Waals surface area contributed by atoms with Crippen LogP contribution in [0.1, 0.15) is 39.5 Å². The highest BCUT2D eigenvalue weighted by atomic mass is 16.1. The molecule has 1 N–H and O–H groups in total. The molecule has 0 radical (unpaired) electrons. The van der Waals surface area contributed by atoms with Gasteiger partial charge in [0.15, 0.2) is 0 Å². The number of terminal acetylenes is 1. The van der Waals surface area contributed by atoms with Gasteiger partial charge in [-0.15, -0.1) is 12.3 Å². The minimum absolute atomic E-state index is 0.121. The van der Waals surface area contributed by atoms with Crippen molar-refractivity contribution in [2.75, 3.05) is 6.54 Å². The van der Waals surface area contributed by atoms with Crippen LogP contribution in [0.3, 0.4) is 0 Å². The zero-order valence-corrected chi connectivity index (χ0v) is 8.60. The first kappa shape index (κ1) is 12.0. The number of rotatable bonds is 6. The Kier molecular flexibility index (Phi) is 7.10. The highest BCUT2D eigenvalue weighted by molar-refractivity contribution is 5.75. The molecule has 0 unspecified atom stereocenters. The zero-order valence-electron chi connectivity index (χ0n) is 8.60. The molecule has 0 aromatic carbocycles. The number of carbonyl (C=O) groups is 1. The van der Waals surface area contributed by atoms with E-state index in [2.05, 4.69) is 25.1 Å². The van der Waals surface area contributed by atoms with E-state index in [1.165, 1.54) is 0 Å². The molecular weight excluding hydrogens is 162 g/mol. The molecule has 0 heterocycles. The lowest BCUT2D eigenvalue weighted by Crippen LogP contribution is -2.24. The van der Waals surface area contributed by atoms with Crippen LogP contribution in [0.15, 0.2) is 0 Å². The van der Waals surface area contributed by atoms with Crippen molar-refractivity contribution in [3.63, 3.8) is 0 Å². The van der Waals surface area contributed by atoms with Crippen LogP contribution < -0.4 is 5.32 Å². The summed E-state index contributed by atoms with van der Waals surface area (Å²) in [5, 5.41) is 2.78. The first-order valence-electron chi connectivity index (χ1n) is 4.90. The standard InChI is InChI=1S/C11H19NO/c1-4-6-9-12-11(13)8-7-10(3)5-2/h1,10H,5-9H2,2-3H3,(H,12,13)/t10-/m0/s1. The fourth-order valence-electron chi connectivity index (χ4n) is 0.944. The summed E-state index contributed by atoms with van der Waals surface area (Å²) in [7, 11) is 0. The monoisotopic (exact) mass is 181 g/mol. The molecule has 0 aliphatic rings. The van der Waals surface area contributed by atoms with Gasteiger partial charge in [-0.3, -0.25) is 4.79 Å². The Hall–Kier alpha value is -0.970. The topological polar surface area (TPSA) is 29.1 Å². The van der Waals surface area contributed by atoms with Gasteiger partial charge < -0.3 is 5.32 Å². The Bertz CT molecular complexity index is 181. The molecular formula is C11H19NO. The predicted molar refractivity (Wildman–Crippen MR) is 55.1 cm³/mol. The quantitative estimate of drug-likeness (QED) is 0.492. The molecule has 0 saturated carbocycles. The third-order valence-electron chi connectivity index (χ3n) is 2.15. The smallest absolute Gasteiger partial charge is 0.220 e. The summed E-state index contributed by atoms with van der Waals surface area (Å²) in [5.41, 5.74) is 0. The molecule has 0 saturated heterocycles. The summed E-state index contributed by atoms with van der Waals surface area (Å²) < 4.78 is 0. The molecule has 0 aromatic heterocycles. The first-order valence-corrected chi connectivity index (χ1v) is 4.90. The molecule has 13 heavy (non-hydrogen) atoms. The Morgan fingerprint density at radius 1 is 1.62 bits per heavy atom. The molecule has 0 aliphatic heterocycles. The minimum atomic E-state index is 0.121. The number of nitrogens with one attached hydrogen (secondary N) is 1. The van der Waals surface area contributed by atoms with E-state index in [-0.39, 0.29) is 5.91 Å². The van der Waals surface area contributed by atoms with E-state index in [1.54, 1.807) is 0 Å². The van der Waals surface area contributed by atoms with Crippen LogP contribution in [-0.4, -0.2) is 12.5 Å². The molecule has 0 fully saturated rings. The van der Waals surface area contributed by atoms with E-state index < -0.39 is 0 Å². The number of amides is 1. The van der Waals surface area contributed by atoms with Crippen molar-refractivity contribution in [2.45, 2.75) is 39.5 Å². The lowest BCUT2D eigenvalue weighted by atomic mass is 10.0. The normalized spacial score (nSPS) is 11.8.